The number of aryl methyl sites for hydroxylation is 2. The second kappa shape index (κ2) is 15.5. The fraction of sp³-hybridized carbons (Fsp3) is 0.471. The lowest BCUT2D eigenvalue weighted by molar-refractivity contribution is 0.590. The second-order valence-electron chi connectivity index (χ2n) is 9.97. The molecule has 0 bridgehead atoms. The maximum Gasteiger partial charge on any atom is -0.0132 e. The zero-order valence-corrected chi connectivity index (χ0v) is 24.3. The molecule has 0 atom stereocenters. The summed E-state index contributed by atoms with van der Waals surface area (Å²) in [6, 6.07) is 27.2. The molecule has 0 spiro atoms. The van der Waals surface area contributed by atoms with Gasteiger partial charge in [-0.05, 0) is 57.1 Å². The van der Waals surface area contributed by atoms with Crippen LogP contribution in [-0.2, 0) is 23.7 Å². The maximum atomic E-state index is 2.28. The van der Waals surface area contributed by atoms with E-state index in [0.29, 0.717) is 0 Å². The smallest absolute Gasteiger partial charge is 0.0132 e. The highest BCUT2D eigenvalue weighted by molar-refractivity contribution is 5.64. The maximum absolute atomic E-state index is 2.28. The Morgan fingerprint density at radius 3 is 0.912 bits per heavy atom. The van der Waals surface area contributed by atoms with Gasteiger partial charge in [0, 0.05) is 0 Å². The van der Waals surface area contributed by atoms with E-state index in [-0.39, 0.29) is 10.8 Å². The molecule has 0 radical (unpaired) electrons. The van der Waals surface area contributed by atoms with E-state index in [0.717, 1.165) is 12.8 Å². The van der Waals surface area contributed by atoms with Crippen molar-refractivity contribution in [1.29, 1.82) is 0 Å². The molecule has 3 aromatic rings. The summed E-state index contributed by atoms with van der Waals surface area (Å²) in [5, 5.41) is 0. The van der Waals surface area contributed by atoms with Crippen molar-refractivity contribution in [1.82, 2.24) is 0 Å². The van der Waals surface area contributed by atoms with Crippen LogP contribution in [0.3, 0.4) is 0 Å². The van der Waals surface area contributed by atoms with Crippen LogP contribution in [0.15, 0.2) is 72.8 Å². The quantitative estimate of drug-likeness (QED) is 0.363. The fourth-order valence-corrected chi connectivity index (χ4v) is 3.49. The third kappa shape index (κ3) is 10.3. The minimum atomic E-state index is 0.202. The molecule has 0 aromatic heterocycles. The first kappa shape index (κ1) is 31.7. The number of benzene rings is 3. The summed E-state index contributed by atoms with van der Waals surface area (Å²) in [5.41, 5.74) is 8.59. The van der Waals surface area contributed by atoms with Gasteiger partial charge in [0.2, 0.25) is 0 Å². The van der Waals surface area contributed by atoms with Gasteiger partial charge >= 0.3 is 0 Å². The molecule has 3 aromatic carbocycles. The molecule has 0 aliphatic rings. The molecule has 0 saturated carbocycles. The standard InChI is InChI=1S/C28H34.3C2H6/c1-27(2,3)25-17-11-22(12-18-25)8-7-21-9-13-23(14-10-21)24-15-19-26(20-16-24)28(4,5)6;3*1-2/h9-20H,7-8H2,1-6H3;3*1-2H3. The highest BCUT2D eigenvalue weighted by Gasteiger charge is 2.13. The molecule has 0 N–H and O–H groups in total. The summed E-state index contributed by atoms with van der Waals surface area (Å²) in [6.07, 6.45) is 2.17. The summed E-state index contributed by atoms with van der Waals surface area (Å²) in [7, 11) is 0. The molecule has 0 aliphatic carbocycles. The predicted octanol–water partition coefficient (Wildman–Crippen LogP) is 10.8. The van der Waals surface area contributed by atoms with Gasteiger partial charge in [-0.2, -0.15) is 0 Å². The van der Waals surface area contributed by atoms with E-state index >= 15 is 0 Å². The summed E-state index contributed by atoms with van der Waals surface area (Å²) in [6.45, 7) is 25.6. The number of hydrogen-bond acceptors (Lipinski definition) is 0. The van der Waals surface area contributed by atoms with Crippen LogP contribution < -0.4 is 0 Å². The van der Waals surface area contributed by atoms with Gasteiger partial charge in [0.25, 0.3) is 0 Å². The van der Waals surface area contributed by atoms with E-state index in [1.807, 2.05) is 41.5 Å². The Labute approximate surface area is 212 Å². The molecule has 0 amide bonds. The Bertz CT molecular complexity index is 881. The van der Waals surface area contributed by atoms with Crippen LogP contribution in [0.1, 0.15) is 105 Å². The second-order valence-corrected chi connectivity index (χ2v) is 9.97. The number of rotatable bonds is 4. The molecule has 0 unspecified atom stereocenters. The number of hydrogen-bond donors (Lipinski definition) is 0. The van der Waals surface area contributed by atoms with Crippen molar-refractivity contribution in [3.8, 4) is 11.1 Å². The van der Waals surface area contributed by atoms with Gasteiger partial charge in [-0.1, -0.05) is 156 Å². The molecule has 0 nitrogen and oxygen atoms in total. The Morgan fingerprint density at radius 1 is 0.382 bits per heavy atom. The lowest BCUT2D eigenvalue weighted by Gasteiger charge is -2.19. The third-order valence-electron chi connectivity index (χ3n) is 5.56. The van der Waals surface area contributed by atoms with Crippen LogP contribution in [-0.4, -0.2) is 0 Å². The van der Waals surface area contributed by atoms with E-state index < -0.39 is 0 Å². The van der Waals surface area contributed by atoms with Crippen LogP contribution in [0, 0.1) is 0 Å². The van der Waals surface area contributed by atoms with E-state index in [4.69, 9.17) is 0 Å². The van der Waals surface area contributed by atoms with Gasteiger partial charge in [-0.3, -0.25) is 0 Å². The summed E-state index contributed by atoms with van der Waals surface area (Å²) >= 11 is 0. The van der Waals surface area contributed by atoms with Crippen LogP contribution in [0.25, 0.3) is 11.1 Å². The molecule has 0 fully saturated rings. The van der Waals surface area contributed by atoms with Crippen molar-refractivity contribution in [2.75, 3.05) is 0 Å². The largest absolute Gasteiger partial charge is 0.0683 e. The average molecular weight is 461 g/mol. The first-order valence-corrected chi connectivity index (χ1v) is 13.4. The molecule has 34 heavy (non-hydrogen) atoms. The van der Waals surface area contributed by atoms with Crippen molar-refractivity contribution in [3.63, 3.8) is 0 Å². The van der Waals surface area contributed by atoms with Crippen molar-refractivity contribution in [2.24, 2.45) is 0 Å². The predicted molar refractivity (Wildman–Crippen MR) is 157 cm³/mol. The molecular weight excluding hydrogens is 408 g/mol. The van der Waals surface area contributed by atoms with Crippen LogP contribution >= 0.6 is 0 Å². The summed E-state index contributed by atoms with van der Waals surface area (Å²) in [5.74, 6) is 0. The summed E-state index contributed by atoms with van der Waals surface area (Å²) in [4.78, 5) is 0. The lowest BCUT2D eigenvalue weighted by Crippen LogP contribution is -2.10. The van der Waals surface area contributed by atoms with E-state index in [1.165, 1.54) is 33.4 Å². The summed E-state index contributed by atoms with van der Waals surface area (Å²) < 4.78 is 0. The normalized spacial score (nSPS) is 10.6. The minimum Gasteiger partial charge on any atom is -0.0683 e. The van der Waals surface area contributed by atoms with Crippen molar-refractivity contribution < 1.29 is 0 Å². The fourth-order valence-electron chi connectivity index (χ4n) is 3.49. The van der Waals surface area contributed by atoms with Gasteiger partial charge in [0.1, 0.15) is 0 Å². The monoisotopic (exact) mass is 460 g/mol. The van der Waals surface area contributed by atoms with Gasteiger partial charge in [0.15, 0.2) is 0 Å². The van der Waals surface area contributed by atoms with E-state index in [1.54, 1.807) is 0 Å². The van der Waals surface area contributed by atoms with Gasteiger partial charge < -0.3 is 0 Å². The van der Waals surface area contributed by atoms with Gasteiger partial charge in [-0.15, -0.1) is 0 Å². The average Bonchev–Trinajstić information content (AvgIpc) is 2.86. The van der Waals surface area contributed by atoms with Crippen LogP contribution in [0.4, 0.5) is 0 Å². The first-order valence-electron chi connectivity index (χ1n) is 13.4. The lowest BCUT2D eigenvalue weighted by atomic mass is 9.86. The Morgan fingerprint density at radius 2 is 0.618 bits per heavy atom. The van der Waals surface area contributed by atoms with Crippen LogP contribution in [0.2, 0.25) is 0 Å². The Hall–Kier alpha value is -2.34. The zero-order valence-electron chi connectivity index (χ0n) is 24.3. The van der Waals surface area contributed by atoms with Gasteiger partial charge in [0.05, 0.1) is 0 Å². The van der Waals surface area contributed by atoms with Crippen molar-refractivity contribution in [3.05, 3.63) is 95.1 Å². The van der Waals surface area contributed by atoms with Gasteiger partial charge in [-0.25, -0.2) is 0 Å². The molecular formula is C34H52. The molecule has 0 aliphatic heterocycles. The molecule has 188 valence electrons. The molecule has 3 rings (SSSR count). The van der Waals surface area contributed by atoms with Crippen LogP contribution in [0.5, 0.6) is 0 Å². The van der Waals surface area contributed by atoms with Crippen molar-refractivity contribution >= 4 is 0 Å². The van der Waals surface area contributed by atoms with E-state index in [9.17, 15) is 0 Å². The highest BCUT2D eigenvalue weighted by Crippen LogP contribution is 2.27. The highest BCUT2D eigenvalue weighted by atomic mass is 14.2. The third-order valence-corrected chi connectivity index (χ3v) is 5.56. The Kier molecular flexibility index (Phi) is 14.5. The minimum absolute atomic E-state index is 0.202. The topological polar surface area (TPSA) is 0 Å². The SMILES string of the molecule is CC.CC.CC.CC(C)(C)c1ccc(CCc2ccc(-c3ccc(C(C)(C)C)cc3)cc2)cc1. The Balaban J connectivity index is 0.00000168. The molecule has 0 saturated heterocycles. The van der Waals surface area contributed by atoms with E-state index in [2.05, 4.69) is 114 Å². The van der Waals surface area contributed by atoms with Crippen molar-refractivity contribution in [2.45, 2.75) is 107 Å². The first-order chi connectivity index (χ1) is 16.1. The molecule has 0 heterocycles. The zero-order chi connectivity index (χ0) is 26.4. The molecule has 0 heteroatoms.